The smallest absolute Gasteiger partial charge is 0.317 e. The molecule has 20 heavy (non-hydrogen) atoms. The monoisotopic (exact) mass is 295 g/mol. The summed E-state index contributed by atoms with van der Waals surface area (Å²) in [4.78, 5) is 26.4. The van der Waals surface area contributed by atoms with Gasteiger partial charge in [-0.25, -0.2) is 9.97 Å². The van der Waals surface area contributed by atoms with Crippen molar-refractivity contribution in [2.75, 3.05) is 5.73 Å². The zero-order chi connectivity index (χ0) is 14.5. The molecular weight excluding hydrogens is 278 g/mol. The van der Waals surface area contributed by atoms with Crippen molar-refractivity contribution in [3.63, 3.8) is 0 Å². The van der Waals surface area contributed by atoms with E-state index in [9.17, 15) is 9.90 Å². The predicted molar refractivity (Wildman–Crippen MR) is 77.5 cm³/mol. The summed E-state index contributed by atoms with van der Waals surface area (Å²) >= 11 is 1.19. The number of carboxylic acids is 1. The Hall–Kier alpha value is -1.83. The van der Waals surface area contributed by atoms with E-state index in [1.807, 2.05) is 0 Å². The van der Waals surface area contributed by atoms with E-state index in [0.717, 1.165) is 19.3 Å². The van der Waals surface area contributed by atoms with Gasteiger partial charge in [-0.15, -0.1) is 0 Å². The maximum Gasteiger partial charge on any atom is 0.317 e. The third kappa shape index (κ3) is 3.38. The molecule has 0 unspecified atom stereocenters. The van der Waals surface area contributed by atoms with E-state index >= 15 is 0 Å². The van der Waals surface area contributed by atoms with Gasteiger partial charge in [-0.2, -0.15) is 4.98 Å². The number of unbranched alkanes of at least 4 members (excludes halogenated alkanes) is 2. The average molecular weight is 295 g/mol. The van der Waals surface area contributed by atoms with Crippen LogP contribution < -0.4 is 5.73 Å². The lowest BCUT2D eigenvalue weighted by atomic mass is 10.1. The van der Waals surface area contributed by atoms with Crippen molar-refractivity contribution in [2.45, 2.75) is 42.9 Å². The van der Waals surface area contributed by atoms with Crippen LogP contribution in [0.3, 0.4) is 0 Å². The van der Waals surface area contributed by atoms with E-state index in [1.54, 1.807) is 0 Å². The third-order valence-electron chi connectivity index (χ3n) is 2.87. The molecule has 2 heterocycles. The van der Waals surface area contributed by atoms with Crippen LogP contribution in [0.15, 0.2) is 11.4 Å². The van der Waals surface area contributed by atoms with Gasteiger partial charge in [-0.1, -0.05) is 37.9 Å². The molecule has 2 rings (SSSR count). The summed E-state index contributed by atoms with van der Waals surface area (Å²) in [6.07, 6.45) is 5.06. The zero-order valence-electron chi connectivity index (χ0n) is 11.2. The topological polar surface area (TPSA) is 118 Å². The van der Waals surface area contributed by atoms with E-state index in [2.05, 4.69) is 26.9 Å². The molecule has 108 valence electrons. The fourth-order valence-corrected chi connectivity index (χ4v) is 2.92. The number of nitrogen functional groups attached to an aromatic ring is 1. The van der Waals surface area contributed by atoms with Crippen LogP contribution >= 0.6 is 11.8 Å². The second-order valence-corrected chi connectivity index (χ2v) is 5.62. The summed E-state index contributed by atoms with van der Waals surface area (Å²) in [5.74, 6) is -0.735. The number of anilines is 1. The number of nitrogens with two attached hydrogens (primary N) is 1. The molecule has 0 fully saturated rings. The van der Waals surface area contributed by atoms with Crippen LogP contribution in [-0.2, 0) is 4.79 Å². The first-order valence-electron chi connectivity index (χ1n) is 6.48. The molecule has 0 bridgehead atoms. The molecule has 1 atom stereocenters. The van der Waals surface area contributed by atoms with Crippen LogP contribution in [-0.4, -0.2) is 36.3 Å². The summed E-state index contributed by atoms with van der Waals surface area (Å²) in [7, 11) is 0. The fraction of sp³-hybridized carbons (Fsp3) is 0.500. The van der Waals surface area contributed by atoms with Gasteiger partial charge in [0, 0.05) is 0 Å². The number of hydrogen-bond donors (Lipinski definition) is 3. The molecule has 0 saturated heterocycles. The largest absolute Gasteiger partial charge is 0.480 e. The lowest BCUT2D eigenvalue weighted by Gasteiger charge is -2.11. The Morgan fingerprint density at radius 3 is 3.00 bits per heavy atom. The highest BCUT2D eigenvalue weighted by molar-refractivity contribution is 8.00. The highest BCUT2D eigenvalue weighted by atomic mass is 32.2. The van der Waals surface area contributed by atoms with Crippen LogP contribution in [0.4, 0.5) is 5.95 Å². The van der Waals surface area contributed by atoms with Gasteiger partial charge in [0.2, 0.25) is 5.95 Å². The number of carboxylic acid groups (broad SMARTS) is 1. The van der Waals surface area contributed by atoms with Gasteiger partial charge in [-0.05, 0) is 6.42 Å². The van der Waals surface area contributed by atoms with Crippen molar-refractivity contribution in [1.82, 2.24) is 19.9 Å². The number of aromatic amines is 1. The number of imidazole rings is 1. The fourth-order valence-electron chi connectivity index (χ4n) is 1.86. The minimum Gasteiger partial charge on any atom is -0.480 e. The van der Waals surface area contributed by atoms with Crippen LogP contribution in [0.5, 0.6) is 0 Å². The van der Waals surface area contributed by atoms with Gasteiger partial charge in [0.05, 0.1) is 6.33 Å². The Kier molecular flexibility index (Phi) is 4.78. The second-order valence-electron chi connectivity index (χ2n) is 4.43. The Morgan fingerprint density at radius 2 is 2.30 bits per heavy atom. The third-order valence-corrected chi connectivity index (χ3v) is 4.11. The first-order chi connectivity index (χ1) is 9.61. The highest BCUT2D eigenvalue weighted by Gasteiger charge is 2.21. The molecule has 0 aliphatic rings. The molecule has 0 spiro atoms. The summed E-state index contributed by atoms with van der Waals surface area (Å²) in [6.45, 7) is 2.09. The van der Waals surface area contributed by atoms with Crippen LogP contribution in [0.2, 0.25) is 0 Å². The van der Waals surface area contributed by atoms with Crippen molar-refractivity contribution in [1.29, 1.82) is 0 Å². The predicted octanol–water partition coefficient (Wildman–Crippen LogP) is 2.06. The first kappa shape index (κ1) is 14.6. The van der Waals surface area contributed by atoms with Crippen molar-refractivity contribution in [3.8, 4) is 0 Å². The number of fused-ring (bicyclic) bond motifs is 1. The molecule has 2 aromatic heterocycles. The van der Waals surface area contributed by atoms with E-state index < -0.39 is 11.2 Å². The molecule has 0 aliphatic heterocycles. The SMILES string of the molecule is CCCCC[C@@H](Sc1nc(N)nc2nc[nH]c12)C(=O)O. The number of aliphatic carboxylic acids is 1. The Balaban J connectivity index is 2.19. The van der Waals surface area contributed by atoms with Gasteiger partial charge in [0.25, 0.3) is 0 Å². The minimum atomic E-state index is -0.837. The molecule has 0 amide bonds. The van der Waals surface area contributed by atoms with Crippen molar-refractivity contribution < 1.29 is 9.90 Å². The molecule has 0 aromatic carbocycles. The number of thioether (sulfide) groups is 1. The highest BCUT2D eigenvalue weighted by Crippen LogP contribution is 2.30. The quantitative estimate of drug-likeness (QED) is 0.406. The molecule has 2 aromatic rings. The Bertz CT molecular complexity index is 601. The summed E-state index contributed by atoms with van der Waals surface area (Å²) < 4.78 is 0. The van der Waals surface area contributed by atoms with E-state index in [4.69, 9.17) is 5.73 Å². The first-order valence-corrected chi connectivity index (χ1v) is 7.35. The molecule has 0 saturated carbocycles. The Morgan fingerprint density at radius 1 is 1.50 bits per heavy atom. The summed E-state index contributed by atoms with van der Waals surface area (Å²) in [6, 6.07) is 0. The number of carbonyl (C=O) groups is 1. The number of rotatable bonds is 7. The van der Waals surface area contributed by atoms with Crippen molar-refractivity contribution >= 4 is 34.8 Å². The lowest BCUT2D eigenvalue weighted by Crippen LogP contribution is -2.16. The standard InChI is InChI=1S/C12H17N5O2S/c1-2-3-4-5-7(11(18)19)20-10-8-9(15-6-14-8)16-12(13)17-10/h6-7H,2-5H2,1H3,(H,18,19)(H3,13,14,15,16,17)/t7-/m1/s1. The molecular formula is C12H17N5O2S. The summed E-state index contributed by atoms with van der Waals surface area (Å²) in [5.41, 5.74) is 6.71. The summed E-state index contributed by atoms with van der Waals surface area (Å²) in [5, 5.41) is 9.30. The normalized spacial score (nSPS) is 12.7. The van der Waals surface area contributed by atoms with E-state index in [-0.39, 0.29) is 5.95 Å². The molecule has 8 heteroatoms. The molecule has 0 aliphatic carbocycles. The van der Waals surface area contributed by atoms with E-state index in [0.29, 0.717) is 22.6 Å². The van der Waals surface area contributed by atoms with Gasteiger partial charge in [0.15, 0.2) is 5.65 Å². The number of nitrogens with zero attached hydrogens (tertiary/aromatic N) is 3. The number of aromatic nitrogens is 4. The van der Waals surface area contributed by atoms with Crippen molar-refractivity contribution in [3.05, 3.63) is 6.33 Å². The van der Waals surface area contributed by atoms with Gasteiger partial charge >= 0.3 is 5.97 Å². The number of H-pyrrole nitrogens is 1. The molecule has 7 nitrogen and oxygen atoms in total. The minimum absolute atomic E-state index is 0.102. The molecule has 0 radical (unpaired) electrons. The Labute approximate surface area is 120 Å². The van der Waals surface area contributed by atoms with Gasteiger partial charge in [-0.3, -0.25) is 4.79 Å². The average Bonchev–Trinajstić information content (AvgIpc) is 2.85. The second kappa shape index (κ2) is 6.56. The zero-order valence-corrected chi connectivity index (χ0v) is 12.0. The van der Waals surface area contributed by atoms with E-state index in [1.165, 1.54) is 18.1 Å². The van der Waals surface area contributed by atoms with Crippen LogP contribution in [0.1, 0.15) is 32.6 Å². The van der Waals surface area contributed by atoms with Gasteiger partial charge in [0.1, 0.15) is 15.8 Å². The maximum atomic E-state index is 11.3. The molecule has 4 N–H and O–H groups in total. The lowest BCUT2D eigenvalue weighted by molar-refractivity contribution is -0.136. The number of hydrogen-bond acceptors (Lipinski definition) is 6. The van der Waals surface area contributed by atoms with Crippen molar-refractivity contribution in [2.24, 2.45) is 0 Å². The van der Waals surface area contributed by atoms with Crippen LogP contribution in [0, 0.1) is 0 Å². The number of nitrogens with one attached hydrogen (secondary N) is 1. The van der Waals surface area contributed by atoms with Gasteiger partial charge < -0.3 is 15.8 Å². The van der Waals surface area contributed by atoms with Crippen LogP contribution in [0.25, 0.3) is 11.2 Å². The maximum absolute atomic E-state index is 11.3.